The second kappa shape index (κ2) is 7.62. The molecule has 0 atom stereocenters. The van der Waals surface area contributed by atoms with Crippen molar-refractivity contribution in [3.63, 3.8) is 0 Å². The van der Waals surface area contributed by atoms with Crippen molar-refractivity contribution in [2.45, 2.75) is 45.3 Å². The lowest BCUT2D eigenvalue weighted by Crippen LogP contribution is -2.51. The van der Waals surface area contributed by atoms with Gasteiger partial charge < -0.3 is 19.6 Å². The lowest BCUT2D eigenvalue weighted by atomic mass is 10.1. The summed E-state index contributed by atoms with van der Waals surface area (Å²) in [6.07, 6.45) is 1.49. The molecule has 2 rings (SSSR count). The van der Waals surface area contributed by atoms with E-state index in [-0.39, 0.29) is 12.2 Å². The minimum atomic E-state index is -0.424. The lowest BCUT2D eigenvalue weighted by molar-refractivity contribution is 0.0131. The molecule has 1 amide bonds. The van der Waals surface area contributed by atoms with Gasteiger partial charge >= 0.3 is 6.09 Å². The predicted octanol–water partition coefficient (Wildman–Crippen LogP) is 0.996. The van der Waals surface area contributed by atoms with Crippen LogP contribution >= 0.6 is 0 Å². The van der Waals surface area contributed by atoms with Crippen LogP contribution in [0.1, 0.15) is 33.6 Å². The third-order valence-electron chi connectivity index (χ3n) is 4.31. The molecule has 0 saturated carbocycles. The van der Waals surface area contributed by atoms with Gasteiger partial charge in [0.1, 0.15) is 5.60 Å². The molecule has 128 valence electrons. The van der Waals surface area contributed by atoms with E-state index >= 15 is 0 Å². The number of nitrogens with zero attached hydrogens (tertiary/aromatic N) is 3. The van der Waals surface area contributed by atoms with Crippen LogP contribution < -0.4 is 0 Å². The quantitative estimate of drug-likeness (QED) is 0.842. The zero-order chi connectivity index (χ0) is 16.2. The first-order valence-corrected chi connectivity index (χ1v) is 8.44. The third-order valence-corrected chi connectivity index (χ3v) is 4.31. The number of hydrogen-bond acceptors (Lipinski definition) is 5. The first-order chi connectivity index (χ1) is 10.3. The van der Waals surface area contributed by atoms with Gasteiger partial charge in [-0.15, -0.1) is 0 Å². The smallest absolute Gasteiger partial charge is 0.410 e. The van der Waals surface area contributed by atoms with E-state index in [1.807, 2.05) is 20.8 Å². The molecule has 2 heterocycles. The molecule has 0 bridgehead atoms. The summed E-state index contributed by atoms with van der Waals surface area (Å²) in [5, 5.41) is 9.52. The summed E-state index contributed by atoms with van der Waals surface area (Å²) in [6.45, 7) is 13.1. The van der Waals surface area contributed by atoms with Crippen molar-refractivity contribution in [2.75, 3.05) is 52.4 Å². The fourth-order valence-electron chi connectivity index (χ4n) is 2.91. The van der Waals surface area contributed by atoms with Gasteiger partial charge in [-0.2, -0.15) is 0 Å². The predicted molar refractivity (Wildman–Crippen MR) is 85.9 cm³/mol. The molecule has 0 aliphatic carbocycles. The molecule has 0 radical (unpaired) electrons. The fraction of sp³-hybridized carbons (Fsp3) is 0.938. The molecule has 1 N–H and O–H groups in total. The monoisotopic (exact) mass is 313 g/mol. The Morgan fingerprint density at radius 2 is 1.50 bits per heavy atom. The Balaban J connectivity index is 1.64. The van der Waals surface area contributed by atoms with Crippen LogP contribution in [0.2, 0.25) is 0 Å². The molecule has 2 saturated heterocycles. The van der Waals surface area contributed by atoms with Gasteiger partial charge in [0.2, 0.25) is 0 Å². The van der Waals surface area contributed by atoms with Gasteiger partial charge in [-0.1, -0.05) is 0 Å². The van der Waals surface area contributed by atoms with Crippen molar-refractivity contribution in [2.24, 2.45) is 0 Å². The number of carbonyl (C=O) groups is 1. The summed E-state index contributed by atoms with van der Waals surface area (Å²) in [5.41, 5.74) is -0.424. The molecule has 0 aromatic rings. The molecule has 0 aromatic heterocycles. The van der Waals surface area contributed by atoms with Crippen molar-refractivity contribution in [3.05, 3.63) is 0 Å². The Hall–Kier alpha value is -0.850. The molecule has 2 aliphatic rings. The number of aliphatic hydroxyl groups is 1. The van der Waals surface area contributed by atoms with Crippen LogP contribution in [0.5, 0.6) is 0 Å². The first kappa shape index (κ1) is 17.5. The average molecular weight is 313 g/mol. The summed E-state index contributed by atoms with van der Waals surface area (Å²) in [4.78, 5) is 18.6. The maximum absolute atomic E-state index is 12.0. The van der Waals surface area contributed by atoms with Crippen molar-refractivity contribution in [1.29, 1.82) is 0 Å². The second-order valence-electron chi connectivity index (χ2n) is 7.38. The number of piperazine rings is 1. The van der Waals surface area contributed by atoms with Gasteiger partial charge in [-0.05, 0) is 33.6 Å². The molecule has 6 heteroatoms. The largest absolute Gasteiger partial charge is 0.444 e. The minimum absolute atomic E-state index is 0.103. The zero-order valence-electron chi connectivity index (χ0n) is 14.3. The summed E-state index contributed by atoms with van der Waals surface area (Å²) < 4.78 is 5.41. The highest BCUT2D eigenvalue weighted by molar-refractivity contribution is 5.68. The number of hydrogen-bond donors (Lipinski definition) is 1. The van der Waals surface area contributed by atoms with E-state index in [9.17, 15) is 9.90 Å². The minimum Gasteiger partial charge on any atom is -0.444 e. The van der Waals surface area contributed by atoms with Crippen LogP contribution in [-0.4, -0.2) is 90.0 Å². The number of carbonyl (C=O) groups excluding carboxylic acids is 1. The van der Waals surface area contributed by atoms with Crippen molar-refractivity contribution in [1.82, 2.24) is 14.7 Å². The van der Waals surface area contributed by atoms with Crippen LogP contribution in [0, 0.1) is 0 Å². The normalized spacial score (nSPS) is 22.8. The maximum atomic E-state index is 12.0. The molecule has 0 aromatic carbocycles. The first-order valence-electron chi connectivity index (χ1n) is 8.44. The van der Waals surface area contributed by atoms with Gasteiger partial charge in [0, 0.05) is 52.4 Å². The van der Waals surface area contributed by atoms with Crippen LogP contribution in [0.3, 0.4) is 0 Å². The van der Waals surface area contributed by atoms with E-state index < -0.39 is 5.60 Å². The standard InChI is InChI=1S/C16H31N3O3/c1-16(2,3)22-15(21)19-12-10-18(11-13-19)9-8-17-6-4-14(20)5-7-17/h14,20H,4-13H2,1-3H3. The lowest BCUT2D eigenvalue weighted by Gasteiger charge is -2.37. The summed E-state index contributed by atoms with van der Waals surface area (Å²) in [7, 11) is 0. The fourth-order valence-corrected chi connectivity index (χ4v) is 2.91. The SMILES string of the molecule is CC(C)(C)OC(=O)N1CCN(CCN2CCC(O)CC2)CC1. The van der Waals surface area contributed by atoms with Crippen molar-refractivity contribution in [3.8, 4) is 0 Å². The third kappa shape index (κ3) is 5.74. The Morgan fingerprint density at radius 3 is 2.00 bits per heavy atom. The number of amides is 1. The van der Waals surface area contributed by atoms with E-state index in [1.54, 1.807) is 4.90 Å². The van der Waals surface area contributed by atoms with Crippen LogP contribution in [-0.2, 0) is 4.74 Å². The second-order valence-corrected chi connectivity index (χ2v) is 7.38. The molecule has 0 spiro atoms. The number of aliphatic hydroxyl groups excluding tert-OH is 1. The van der Waals surface area contributed by atoms with Crippen LogP contribution in [0.25, 0.3) is 0 Å². The van der Waals surface area contributed by atoms with E-state index in [0.29, 0.717) is 0 Å². The number of ether oxygens (including phenoxy) is 1. The average Bonchev–Trinajstić information content (AvgIpc) is 2.45. The van der Waals surface area contributed by atoms with Gasteiger partial charge in [0.25, 0.3) is 0 Å². The van der Waals surface area contributed by atoms with E-state index in [4.69, 9.17) is 4.74 Å². The Labute approximate surface area is 134 Å². The Morgan fingerprint density at radius 1 is 1.00 bits per heavy atom. The van der Waals surface area contributed by atoms with Gasteiger partial charge in [0.05, 0.1) is 6.10 Å². The molecular weight excluding hydrogens is 282 g/mol. The zero-order valence-corrected chi connectivity index (χ0v) is 14.3. The van der Waals surface area contributed by atoms with Gasteiger partial charge in [0.15, 0.2) is 0 Å². The van der Waals surface area contributed by atoms with E-state index in [1.165, 1.54) is 0 Å². The summed E-state index contributed by atoms with van der Waals surface area (Å²) in [5.74, 6) is 0. The summed E-state index contributed by atoms with van der Waals surface area (Å²) in [6, 6.07) is 0. The molecule has 2 fully saturated rings. The van der Waals surface area contributed by atoms with Crippen LogP contribution in [0.15, 0.2) is 0 Å². The molecular formula is C16H31N3O3. The molecule has 6 nitrogen and oxygen atoms in total. The highest BCUT2D eigenvalue weighted by atomic mass is 16.6. The topological polar surface area (TPSA) is 56.2 Å². The van der Waals surface area contributed by atoms with E-state index in [0.717, 1.165) is 65.2 Å². The maximum Gasteiger partial charge on any atom is 0.410 e. The highest BCUT2D eigenvalue weighted by Gasteiger charge is 2.26. The van der Waals surface area contributed by atoms with Gasteiger partial charge in [-0.25, -0.2) is 4.79 Å². The van der Waals surface area contributed by atoms with Gasteiger partial charge in [-0.3, -0.25) is 4.90 Å². The van der Waals surface area contributed by atoms with Crippen molar-refractivity contribution < 1.29 is 14.6 Å². The summed E-state index contributed by atoms with van der Waals surface area (Å²) >= 11 is 0. The Bertz CT molecular complexity index is 354. The number of likely N-dealkylation sites (tertiary alicyclic amines) is 1. The van der Waals surface area contributed by atoms with Crippen molar-refractivity contribution >= 4 is 6.09 Å². The molecule has 0 unspecified atom stereocenters. The highest BCUT2D eigenvalue weighted by Crippen LogP contribution is 2.13. The molecule has 22 heavy (non-hydrogen) atoms. The number of piperidine rings is 1. The molecule has 2 aliphatic heterocycles. The van der Waals surface area contributed by atoms with E-state index in [2.05, 4.69) is 9.80 Å². The van der Waals surface area contributed by atoms with Crippen LogP contribution in [0.4, 0.5) is 4.79 Å². The number of rotatable bonds is 3. The Kier molecular flexibility index (Phi) is 6.06.